The molecule has 0 aliphatic rings. The molecule has 2 aromatic rings. The summed E-state index contributed by atoms with van der Waals surface area (Å²) >= 11 is 0.866. The number of thiophene rings is 1. The van der Waals surface area contributed by atoms with E-state index in [1.54, 1.807) is 6.92 Å². The minimum absolute atomic E-state index is 0.0608. The van der Waals surface area contributed by atoms with Gasteiger partial charge in [0.2, 0.25) is 5.91 Å². The van der Waals surface area contributed by atoms with Gasteiger partial charge in [-0.1, -0.05) is 0 Å². The van der Waals surface area contributed by atoms with Crippen molar-refractivity contribution in [2.45, 2.75) is 20.4 Å². The summed E-state index contributed by atoms with van der Waals surface area (Å²) in [6.45, 7) is 3.01. The molecule has 0 aliphatic carbocycles. The molecule has 2 aromatic heterocycles. The lowest BCUT2D eigenvalue weighted by Gasteiger charge is -2.07. The van der Waals surface area contributed by atoms with Crippen molar-refractivity contribution in [1.29, 1.82) is 0 Å². The largest absolute Gasteiger partial charge is 0.478 e. The molecule has 0 atom stereocenters. The molecule has 10 nitrogen and oxygen atoms in total. The summed E-state index contributed by atoms with van der Waals surface area (Å²) in [5, 5.41) is 15.3. The number of ether oxygens (including phenoxy) is 1. The fourth-order valence-electron chi connectivity index (χ4n) is 2.16. The maximum Gasteiger partial charge on any atom is 0.341 e. The zero-order valence-electron chi connectivity index (χ0n) is 13.9. The monoisotopic (exact) mass is 380 g/mol. The minimum atomic E-state index is -1.17. The SMILES string of the molecule is CCOC(=O)c1c(NC(=O)Cn2cc(C(=O)O)cn2)sc(C(N)=O)c1C. The van der Waals surface area contributed by atoms with Gasteiger partial charge in [-0.05, 0) is 19.4 Å². The number of amides is 2. The van der Waals surface area contributed by atoms with Gasteiger partial charge < -0.3 is 20.9 Å². The van der Waals surface area contributed by atoms with Crippen LogP contribution < -0.4 is 11.1 Å². The highest BCUT2D eigenvalue weighted by Gasteiger charge is 2.25. The lowest BCUT2D eigenvalue weighted by Crippen LogP contribution is -2.20. The highest BCUT2D eigenvalue weighted by Crippen LogP contribution is 2.33. The molecular formula is C15H16N4O6S. The highest BCUT2D eigenvalue weighted by atomic mass is 32.1. The zero-order chi connectivity index (χ0) is 19.4. The van der Waals surface area contributed by atoms with Crippen molar-refractivity contribution in [3.63, 3.8) is 0 Å². The third-order valence-electron chi connectivity index (χ3n) is 3.29. The molecular weight excluding hydrogens is 364 g/mol. The Bertz CT molecular complexity index is 885. The fourth-order valence-corrected chi connectivity index (χ4v) is 3.22. The van der Waals surface area contributed by atoms with E-state index in [0.717, 1.165) is 22.2 Å². The van der Waals surface area contributed by atoms with Crippen LogP contribution in [0.3, 0.4) is 0 Å². The summed E-state index contributed by atoms with van der Waals surface area (Å²) in [5.41, 5.74) is 5.61. The predicted molar refractivity (Wildman–Crippen MR) is 91.3 cm³/mol. The zero-order valence-corrected chi connectivity index (χ0v) is 14.8. The van der Waals surface area contributed by atoms with Crippen LogP contribution in [-0.2, 0) is 16.1 Å². The van der Waals surface area contributed by atoms with Gasteiger partial charge in [-0.2, -0.15) is 5.10 Å². The number of nitrogens with two attached hydrogens (primary N) is 1. The van der Waals surface area contributed by atoms with Gasteiger partial charge in [0, 0.05) is 6.20 Å². The van der Waals surface area contributed by atoms with E-state index in [1.165, 1.54) is 13.1 Å². The Morgan fingerprint density at radius 3 is 2.62 bits per heavy atom. The maximum atomic E-state index is 12.2. The molecule has 0 aliphatic heterocycles. The number of aromatic carboxylic acids is 1. The molecule has 26 heavy (non-hydrogen) atoms. The van der Waals surface area contributed by atoms with Gasteiger partial charge in [-0.25, -0.2) is 9.59 Å². The van der Waals surface area contributed by atoms with Crippen LogP contribution in [0.1, 0.15) is 42.9 Å². The number of carbonyl (C=O) groups excluding carboxylic acids is 3. The number of anilines is 1. The van der Waals surface area contributed by atoms with E-state index >= 15 is 0 Å². The summed E-state index contributed by atoms with van der Waals surface area (Å²) in [4.78, 5) is 46.8. The third-order valence-corrected chi connectivity index (χ3v) is 4.51. The molecule has 0 aromatic carbocycles. The van der Waals surface area contributed by atoms with Crippen molar-refractivity contribution in [1.82, 2.24) is 9.78 Å². The first-order chi connectivity index (χ1) is 12.2. The number of carboxylic acid groups (broad SMARTS) is 1. The summed E-state index contributed by atoms with van der Waals surface area (Å²) in [6.07, 6.45) is 2.31. The number of hydrogen-bond acceptors (Lipinski definition) is 7. The molecule has 0 saturated heterocycles. The van der Waals surface area contributed by atoms with Gasteiger partial charge in [0.15, 0.2) is 0 Å². The van der Waals surface area contributed by atoms with Crippen LogP contribution in [0.4, 0.5) is 5.00 Å². The fraction of sp³-hybridized carbons (Fsp3) is 0.267. The average Bonchev–Trinajstić information content (AvgIpc) is 3.12. The Hall–Kier alpha value is -3.21. The summed E-state index contributed by atoms with van der Waals surface area (Å²) in [7, 11) is 0. The van der Waals surface area contributed by atoms with Crippen LogP contribution in [0.15, 0.2) is 12.4 Å². The normalized spacial score (nSPS) is 10.4. The maximum absolute atomic E-state index is 12.2. The molecule has 11 heteroatoms. The van der Waals surface area contributed by atoms with E-state index in [9.17, 15) is 19.2 Å². The molecule has 0 saturated carbocycles. The average molecular weight is 380 g/mol. The van der Waals surface area contributed by atoms with Gasteiger partial charge in [-0.3, -0.25) is 14.3 Å². The Morgan fingerprint density at radius 2 is 2.08 bits per heavy atom. The predicted octanol–water partition coefficient (Wildman–Crippen LogP) is 0.866. The van der Waals surface area contributed by atoms with E-state index in [0.29, 0.717) is 5.56 Å². The number of hydrogen-bond donors (Lipinski definition) is 3. The molecule has 138 valence electrons. The van der Waals surface area contributed by atoms with Crippen molar-refractivity contribution >= 4 is 40.1 Å². The second-order valence-electron chi connectivity index (χ2n) is 5.12. The number of primary amides is 1. The van der Waals surface area contributed by atoms with Crippen molar-refractivity contribution in [2.75, 3.05) is 11.9 Å². The third kappa shape index (κ3) is 4.06. The van der Waals surface area contributed by atoms with Gasteiger partial charge in [-0.15, -0.1) is 11.3 Å². The Morgan fingerprint density at radius 1 is 1.38 bits per heavy atom. The lowest BCUT2D eigenvalue weighted by atomic mass is 10.1. The van der Waals surface area contributed by atoms with E-state index < -0.39 is 23.8 Å². The van der Waals surface area contributed by atoms with Gasteiger partial charge >= 0.3 is 11.9 Å². The first kappa shape index (κ1) is 19.1. The molecule has 4 N–H and O–H groups in total. The van der Waals surface area contributed by atoms with Gasteiger partial charge in [0.1, 0.15) is 11.5 Å². The van der Waals surface area contributed by atoms with Crippen molar-refractivity contribution in [3.05, 3.63) is 34.0 Å². The number of esters is 1. The van der Waals surface area contributed by atoms with Crippen molar-refractivity contribution in [2.24, 2.45) is 5.73 Å². The first-order valence-corrected chi connectivity index (χ1v) is 8.22. The smallest absolute Gasteiger partial charge is 0.341 e. The highest BCUT2D eigenvalue weighted by molar-refractivity contribution is 7.18. The second kappa shape index (κ2) is 7.78. The van der Waals surface area contributed by atoms with Crippen LogP contribution >= 0.6 is 11.3 Å². The van der Waals surface area contributed by atoms with Crippen LogP contribution in [0.5, 0.6) is 0 Å². The van der Waals surface area contributed by atoms with Crippen LogP contribution in [0, 0.1) is 6.92 Å². The molecule has 0 radical (unpaired) electrons. The minimum Gasteiger partial charge on any atom is -0.478 e. The van der Waals surface area contributed by atoms with Gasteiger partial charge in [0.25, 0.3) is 5.91 Å². The standard InChI is InChI=1S/C15H16N4O6S/c1-3-25-15(24)10-7(2)11(12(16)21)26-13(10)18-9(20)6-19-5-8(4-17-19)14(22)23/h4-5H,3,6H2,1-2H3,(H2,16,21)(H,18,20)(H,22,23). The van der Waals surface area contributed by atoms with E-state index in [4.69, 9.17) is 15.6 Å². The summed E-state index contributed by atoms with van der Waals surface area (Å²) in [5.74, 6) is -3.14. The summed E-state index contributed by atoms with van der Waals surface area (Å²) < 4.78 is 6.09. The topological polar surface area (TPSA) is 154 Å². The molecule has 2 rings (SSSR count). The number of carbonyl (C=O) groups is 4. The van der Waals surface area contributed by atoms with Gasteiger partial charge in [0.05, 0.1) is 28.8 Å². The molecule has 0 unspecified atom stereocenters. The Balaban J connectivity index is 2.24. The van der Waals surface area contributed by atoms with Crippen LogP contribution in [0.25, 0.3) is 0 Å². The Kier molecular flexibility index (Phi) is 5.72. The molecule has 0 fully saturated rings. The van der Waals surface area contributed by atoms with Crippen molar-refractivity contribution in [3.8, 4) is 0 Å². The molecule has 0 bridgehead atoms. The van der Waals surface area contributed by atoms with Crippen LogP contribution in [0.2, 0.25) is 0 Å². The Labute approximate surface area is 151 Å². The second-order valence-corrected chi connectivity index (χ2v) is 6.15. The quantitative estimate of drug-likeness (QED) is 0.602. The summed E-state index contributed by atoms with van der Waals surface area (Å²) in [6, 6.07) is 0. The first-order valence-electron chi connectivity index (χ1n) is 7.40. The molecule has 2 amide bonds. The molecule has 2 heterocycles. The van der Waals surface area contributed by atoms with E-state index in [1.807, 2.05) is 0 Å². The number of nitrogens with one attached hydrogen (secondary N) is 1. The lowest BCUT2D eigenvalue weighted by molar-refractivity contribution is -0.116. The van der Waals surface area contributed by atoms with E-state index in [-0.39, 0.29) is 34.2 Å². The number of carboxylic acids is 1. The molecule has 0 spiro atoms. The van der Waals surface area contributed by atoms with Crippen molar-refractivity contribution < 1.29 is 29.0 Å². The number of rotatable bonds is 7. The number of aromatic nitrogens is 2. The van der Waals surface area contributed by atoms with E-state index in [2.05, 4.69) is 10.4 Å². The van der Waals surface area contributed by atoms with Crippen LogP contribution in [-0.4, -0.2) is 45.2 Å². The number of nitrogens with zero attached hydrogens (tertiary/aromatic N) is 2.